The molecule has 1 aliphatic carbocycles. The van der Waals surface area contributed by atoms with Gasteiger partial charge in [-0.15, -0.1) is 0 Å². The summed E-state index contributed by atoms with van der Waals surface area (Å²) in [6.45, 7) is 4.73. The van der Waals surface area contributed by atoms with E-state index < -0.39 is 18.2 Å². The summed E-state index contributed by atoms with van der Waals surface area (Å²) in [5, 5.41) is 14.4. The molecule has 35 heavy (non-hydrogen) atoms. The number of hydrogen-bond donors (Lipinski definition) is 3. The lowest BCUT2D eigenvalue weighted by atomic mass is 9.98. The zero-order valence-electron chi connectivity index (χ0n) is 20.3. The maximum absolute atomic E-state index is 12.4. The molecule has 2 atom stereocenters. The molecule has 0 heterocycles. The third-order valence-electron chi connectivity index (χ3n) is 6.26. The van der Waals surface area contributed by atoms with Crippen molar-refractivity contribution in [2.75, 3.05) is 26.3 Å². The first kappa shape index (κ1) is 26.2. The van der Waals surface area contributed by atoms with Gasteiger partial charge < -0.3 is 25.2 Å². The van der Waals surface area contributed by atoms with Crippen molar-refractivity contribution >= 4 is 18.0 Å². The largest absolute Gasteiger partial charge is 0.481 e. The number of carbonyl (C=O) groups excluding carboxylic acids is 2. The molecule has 0 radical (unpaired) electrons. The van der Waals surface area contributed by atoms with Crippen LogP contribution < -0.4 is 10.6 Å². The second-order valence-electron chi connectivity index (χ2n) is 8.66. The SMILES string of the molecule is CCOC(CNC(=O)OCC1c2ccccc2-c2ccccc21)CC(=O)NCC(CC)CC(=O)O. The van der Waals surface area contributed by atoms with Crippen LogP contribution in [0.2, 0.25) is 0 Å². The molecular weight excluding hydrogens is 448 g/mol. The highest BCUT2D eigenvalue weighted by Crippen LogP contribution is 2.44. The molecule has 0 spiro atoms. The van der Waals surface area contributed by atoms with Gasteiger partial charge >= 0.3 is 12.1 Å². The first-order valence-corrected chi connectivity index (χ1v) is 12.1. The number of benzene rings is 2. The van der Waals surface area contributed by atoms with Gasteiger partial charge in [0.1, 0.15) is 6.61 Å². The average Bonchev–Trinajstić information content (AvgIpc) is 3.17. The summed E-state index contributed by atoms with van der Waals surface area (Å²) >= 11 is 0. The lowest BCUT2D eigenvalue weighted by molar-refractivity contribution is -0.138. The topological polar surface area (TPSA) is 114 Å². The van der Waals surface area contributed by atoms with E-state index in [1.54, 1.807) is 0 Å². The molecule has 188 valence electrons. The van der Waals surface area contributed by atoms with Crippen LogP contribution in [0.4, 0.5) is 4.79 Å². The van der Waals surface area contributed by atoms with Gasteiger partial charge in [0.15, 0.2) is 0 Å². The molecule has 3 rings (SSSR count). The number of hydrogen-bond acceptors (Lipinski definition) is 5. The molecule has 1 aliphatic rings. The lowest BCUT2D eigenvalue weighted by Crippen LogP contribution is -2.39. The Kier molecular flexibility index (Phi) is 9.66. The van der Waals surface area contributed by atoms with Gasteiger partial charge in [-0.2, -0.15) is 0 Å². The van der Waals surface area contributed by atoms with E-state index in [9.17, 15) is 14.4 Å². The molecule has 8 heteroatoms. The van der Waals surface area contributed by atoms with Crippen LogP contribution in [0.15, 0.2) is 48.5 Å². The molecule has 0 fully saturated rings. The van der Waals surface area contributed by atoms with Crippen molar-refractivity contribution in [2.45, 2.75) is 45.1 Å². The Morgan fingerprint density at radius 3 is 2.11 bits per heavy atom. The minimum Gasteiger partial charge on any atom is -0.481 e. The van der Waals surface area contributed by atoms with Crippen molar-refractivity contribution in [1.82, 2.24) is 10.6 Å². The van der Waals surface area contributed by atoms with Crippen LogP contribution in [0.25, 0.3) is 11.1 Å². The van der Waals surface area contributed by atoms with E-state index in [2.05, 4.69) is 34.9 Å². The number of amides is 2. The Bertz CT molecular complexity index is 979. The summed E-state index contributed by atoms with van der Waals surface area (Å²) in [5.74, 6) is -1.29. The number of nitrogens with one attached hydrogen (secondary N) is 2. The minimum absolute atomic E-state index is 0.00894. The standard InChI is InChI=1S/C27H34N2O6/c1-3-18(13-26(31)32)15-28-25(30)14-19(34-4-2)16-29-27(33)35-17-24-22-11-7-5-9-20(22)21-10-6-8-12-23(21)24/h5-12,18-19,24H,3-4,13-17H2,1-2H3,(H,28,30)(H,29,33)(H,31,32). The number of ether oxygens (including phenoxy) is 2. The summed E-state index contributed by atoms with van der Waals surface area (Å²) < 4.78 is 11.1. The molecule has 2 aromatic carbocycles. The molecule has 0 aliphatic heterocycles. The fourth-order valence-electron chi connectivity index (χ4n) is 4.42. The molecule has 2 unspecified atom stereocenters. The van der Waals surface area contributed by atoms with Crippen molar-refractivity contribution in [3.63, 3.8) is 0 Å². The van der Waals surface area contributed by atoms with E-state index in [0.717, 1.165) is 22.3 Å². The van der Waals surface area contributed by atoms with Crippen LogP contribution in [-0.2, 0) is 19.1 Å². The van der Waals surface area contributed by atoms with E-state index in [4.69, 9.17) is 14.6 Å². The van der Waals surface area contributed by atoms with Gasteiger partial charge in [-0.1, -0.05) is 61.9 Å². The third kappa shape index (κ3) is 7.29. The highest BCUT2D eigenvalue weighted by molar-refractivity contribution is 5.79. The smallest absolute Gasteiger partial charge is 0.407 e. The predicted molar refractivity (Wildman–Crippen MR) is 132 cm³/mol. The quantitative estimate of drug-likeness (QED) is 0.399. The van der Waals surface area contributed by atoms with Crippen molar-refractivity contribution in [1.29, 1.82) is 0 Å². The molecule has 0 saturated carbocycles. The van der Waals surface area contributed by atoms with E-state index in [1.807, 2.05) is 38.1 Å². The van der Waals surface area contributed by atoms with E-state index in [1.165, 1.54) is 0 Å². The van der Waals surface area contributed by atoms with Crippen molar-refractivity contribution in [3.8, 4) is 11.1 Å². The summed E-state index contributed by atoms with van der Waals surface area (Å²) in [6, 6.07) is 16.3. The monoisotopic (exact) mass is 482 g/mol. The minimum atomic E-state index is -0.884. The highest BCUT2D eigenvalue weighted by Gasteiger charge is 2.29. The van der Waals surface area contributed by atoms with Crippen LogP contribution >= 0.6 is 0 Å². The molecule has 0 aromatic heterocycles. The fourth-order valence-corrected chi connectivity index (χ4v) is 4.42. The molecule has 0 saturated heterocycles. The number of aliphatic carboxylic acids is 1. The Balaban J connectivity index is 1.48. The van der Waals surface area contributed by atoms with Crippen LogP contribution in [-0.4, -0.2) is 55.5 Å². The molecule has 0 bridgehead atoms. The average molecular weight is 483 g/mol. The number of fused-ring (bicyclic) bond motifs is 3. The van der Waals surface area contributed by atoms with Gasteiger partial charge in [0.2, 0.25) is 5.91 Å². The fraction of sp³-hybridized carbons (Fsp3) is 0.444. The zero-order chi connectivity index (χ0) is 25.2. The van der Waals surface area contributed by atoms with E-state index in [0.29, 0.717) is 19.6 Å². The summed E-state index contributed by atoms with van der Waals surface area (Å²) in [7, 11) is 0. The van der Waals surface area contributed by atoms with Crippen LogP contribution in [0.3, 0.4) is 0 Å². The van der Waals surface area contributed by atoms with E-state index >= 15 is 0 Å². The summed E-state index contributed by atoms with van der Waals surface area (Å²) in [6.07, 6.45) is -0.356. The van der Waals surface area contributed by atoms with Crippen molar-refractivity contribution in [2.24, 2.45) is 5.92 Å². The third-order valence-corrected chi connectivity index (χ3v) is 6.26. The van der Waals surface area contributed by atoms with Gasteiger partial charge in [0.05, 0.1) is 12.5 Å². The van der Waals surface area contributed by atoms with Crippen molar-refractivity contribution in [3.05, 3.63) is 59.7 Å². The van der Waals surface area contributed by atoms with Gasteiger partial charge in [0.25, 0.3) is 0 Å². The van der Waals surface area contributed by atoms with Gasteiger partial charge in [-0.05, 0) is 35.1 Å². The predicted octanol–water partition coefficient (Wildman–Crippen LogP) is 3.94. The van der Waals surface area contributed by atoms with Crippen LogP contribution in [0.5, 0.6) is 0 Å². The van der Waals surface area contributed by atoms with Gasteiger partial charge in [0, 0.05) is 32.0 Å². The Labute approximate surface area is 206 Å². The maximum Gasteiger partial charge on any atom is 0.407 e. The summed E-state index contributed by atoms with van der Waals surface area (Å²) in [4.78, 5) is 35.7. The number of alkyl carbamates (subject to hydrolysis) is 1. The number of rotatable bonds is 13. The zero-order valence-corrected chi connectivity index (χ0v) is 20.3. The first-order chi connectivity index (χ1) is 16.9. The molecule has 3 N–H and O–H groups in total. The Morgan fingerprint density at radius 2 is 1.54 bits per heavy atom. The second-order valence-corrected chi connectivity index (χ2v) is 8.66. The van der Waals surface area contributed by atoms with E-state index in [-0.39, 0.29) is 43.7 Å². The second kappa shape index (κ2) is 12.9. The van der Waals surface area contributed by atoms with Crippen LogP contribution in [0, 0.1) is 5.92 Å². The maximum atomic E-state index is 12.4. The highest BCUT2D eigenvalue weighted by atomic mass is 16.5. The first-order valence-electron chi connectivity index (χ1n) is 12.1. The normalized spacial score (nSPS) is 13.9. The van der Waals surface area contributed by atoms with Crippen LogP contribution in [0.1, 0.15) is 50.2 Å². The Hall–Kier alpha value is -3.39. The van der Waals surface area contributed by atoms with Gasteiger partial charge in [-0.3, -0.25) is 9.59 Å². The number of carbonyl (C=O) groups is 3. The summed E-state index contributed by atoms with van der Waals surface area (Å²) in [5.41, 5.74) is 4.60. The lowest BCUT2D eigenvalue weighted by Gasteiger charge is -2.19. The van der Waals surface area contributed by atoms with Crippen molar-refractivity contribution < 1.29 is 29.0 Å². The molecular formula is C27H34N2O6. The Morgan fingerprint density at radius 1 is 0.914 bits per heavy atom. The van der Waals surface area contributed by atoms with Gasteiger partial charge in [-0.25, -0.2) is 4.79 Å². The molecule has 2 aromatic rings. The number of carboxylic acid groups (broad SMARTS) is 1. The number of carboxylic acids is 1. The molecule has 2 amide bonds. The molecule has 8 nitrogen and oxygen atoms in total.